The van der Waals surface area contributed by atoms with Crippen molar-refractivity contribution in [3.63, 3.8) is 0 Å². The molecule has 1 heteroatoms. The lowest BCUT2D eigenvalue weighted by atomic mass is 10.1. The highest BCUT2D eigenvalue weighted by atomic mass is 16.5. The normalized spacial score (nSPS) is 10.2. The second kappa shape index (κ2) is 5.53. The van der Waals surface area contributed by atoms with Crippen LogP contribution in [0.15, 0.2) is 48.5 Å². The van der Waals surface area contributed by atoms with Crippen LogP contribution < -0.4 is 4.74 Å². The maximum absolute atomic E-state index is 5.82. The topological polar surface area (TPSA) is 9.23 Å². The van der Waals surface area contributed by atoms with Gasteiger partial charge in [0.15, 0.2) is 0 Å². The first kappa shape index (κ1) is 11.7. The molecule has 0 atom stereocenters. The molecule has 0 aliphatic heterocycles. The SMILES string of the molecule is CCc1ccccc1COc1cccc(C)c1. The molecule has 0 amide bonds. The molecule has 1 nitrogen and oxygen atoms in total. The van der Waals surface area contributed by atoms with Gasteiger partial charge in [0.1, 0.15) is 12.4 Å². The van der Waals surface area contributed by atoms with E-state index in [2.05, 4.69) is 50.2 Å². The minimum Gasteiger partial charge on any atom is -0.489 e. The Labute approximate surface area is 103 Å². The molecule has 17 heavy (non-hydrogen) atoms. The maximum atomic E-state index is 5.82. The number of rotatable bonds is 4. The summed E-state index contributed by atoms with van der Waals surface area (Å²) in [6.07, 6.45) is 1.05. The van der Waals surface area contributed by atoms with Crippen molar-refractivity contribution >= 4 is 0 Å². The smallest absolute Gasteiger partial charge is 0.120 e. The summed E-state index contributed by atoms with van der Waals surface area (Å²) < 4.78 is 5.82. The Morgan fingerprint density at radius 1 is 0.941 bits per heavy atom. The molecule has 0 radical (unpaired) electrons. The summed E-state index contributed by atoms with van der Waals surface area (Å²) in [6.45, 7) is 4.89. The minimum absolute atomic E-state index is 0.646. The predicted octanol–water partition coefficient (Wildman–Crippen LogP) is 4.14. The highest BCUT2D eigenvalue weighted by Crippen LogP contribution is 2.16. The Kier molecular flexibility index (Phi) is 3.81. The Balaban J connectivity index is 2.07. The fraction of sp³-hybridized carbons (Fsp3) is 0.250. The second-order valence-corrected chi connectivity index (χ2v) is 4.23. The first-order valence-corrected chi connectivity index (χ1v) is 6.06. The van der Waals surface area contributed by atoms with Crippen LogP contribution in [0.5, 0.6) is 5.75 Å². The summed E-state index contributed by atoms with van der Waals surface area (Å²) in [4.78, 5) is 0. The number of aryl methyl sites for hydroxylation is 2. The quantitative estimate of drug-likeness (QED) is 0.761. The summed E-state index contributed by atoms with van der Waals surface area (Å²) in [7, 11) is 0. The molecule has 0 fully saturated rings. The molecule has 0 bridgehead atoms. The number of ether oxygens (including phenoxy) is 1. The highest BCUT2D eigenvalue weighted by molar-refractivity contribution is 5.30. The minimum atomic E-state index is 0.646. The summed E-state index contributed by atoms with van der Waals surface area (Å²) >= 11 is 0. The second-order valence-electron chi connectivity index (χ2n) is 4.23. The first-order chi connectivity index (χ1) is 8.29. The summed E-state index contributed by atoms with van der Waals surface area (Å²) in [6, 6.07) is 16.6. The van der Waals surface area contributed by atoms with Gasteiger partial charge in [0, 0.05) is 0 Å². The fourth-order valence-electron chi connectivity index (χ4n) is 1.91. The van der Waals surface area contributed by atoms with Crippen molar-refractivity contribution in [1.29, 1.82) is 0 Å². The van der Waals surface area contributed by atoms with Crippen LogP contribution in [0.1, 0.15) is 23.6 Å². The predicted molar refractivity (Wildman–Crippen MR) is 71.3 cm³/mol. The molecule has 0 saturated carbocycles. The van der Waals surface area contributed by atoms with Crippen LogP contribution in [0.2, 0.25) is 0 Å². The van der Waals surface area contributed by atoms with Gasteiger partial charge in [-0.1, -0.05) is 43.3 Å². The van der Waals surface area contributed by atoms with Crippen LogP contribution in [0.25, 0.3) is 0 Å². The average Bonchev–Trinajstić information content (AvgIpc) is 2.37. The van der Waals surface area contributed by atoms with Gasteiger partial charge in [-0.2, -0.15) is 0 Å². The molecule has 2 aromatic rings. The summed E-state index contributed by atoms with van der Waals surface area (Å²) in [5, 5.41) is 0. The fourth-order valence-corrected chi connectivity index (χ4v) is 1.91. The van der Waals surface area contributed by atoms with Crippen LogP contribution in [0, 0.1) is 6.92 Å². The van der Waals surface area contributed by atoms with Gasteiger partial charge in [0.05, 0.1) is 0 Å². The van der Waals surface area contributed by atoms with Crippen molar-refractivity contribution < 1.29 is 4.74 Å². The highest BCUT2D eigenvalue weighted by Gasteiger charge is 2.00. The van der Waals surface area contributed by atoms with E-state index >= 15 is 0 Å². The lowest BCUT2D eigenvalue weighted by Gasteiger charge is -2.10. The van der Waals surface area contributed by atoms with Crippen molar-refractivity contribution in [2.45, 2.75) is 26.9 Å². The van der Waals surface area contributed by atoms with Crippen molar-refractivity contribution in [2.24, 2.45) is 0 Å². The van der Waals surface area contributed by atoms with E-state index in [1.54, 1.807) is 0 Å². The van der Waals surface area contributed by atoms with Crippen LogP contribution in [-0.2, 0) is 13.0 Å². The number of benzene rings is 2. The van der Waals surface area contributed by atoms with Crippen LogP contribution >= 0.6 is 0 Å². The van der Waals surface area contributed by atoms with E-state index in [0.29, 0.717) is 6.61 Å². The van der Waals surface area contributed by atoms with Gasteiger partial charge in [-0.15, -0.1) is 0 Å². The molecule has 2 aromatic carbocycles. The Hall–Kier alpha value is -1.76. The zero-order valence-electron chi connectivity index (χ0n) is 10.4. The largest absolute Gasteiger partial charge is 0.489 e. The van der Waals surface area contributed by atoms with E-state index in [4.69, 9.17) is 4.74 Å². The lowest BCUT2D eigenvalue weighted by molar-refractivity contribution is 0.305. The van der Waals surface area contributed by atoms with Gasteiger partial charge in [-0.05, 0) is 42.2 Å². The molecule has 0 N–H and O–H groups in total. The third kappa shape index (κ3) is 3.10. The molecular formula is C16H18O. The van der Waals surface area contributed by atoms with Crippen molar-refractivity contribution in [3.05, 3.63) is 65.2 Å². The standard InChI is InChI=1S/C16H18O/c1-3-14-8-4-5-9-15(14)12-17-16-10-6-7-13(2)11-16/h4-11H,3,12H2,1-2H3. The van der Waals surface area contributed by atoms with Gasteiger partial charge in [-0.25, -0.2) is 0 Å². The van der Waals surface area contributed by atoms with Gasteiger partial charge in [-0.3, -0.25) is 0 Å². The molecule has 88 valence electrons. The molecule has 0 aromatic heterocycles. The molecule has 0 unspecified atom stereocenters. The van der Waals surface area contributed by atoms with Gasteiger partial charge >= 0.3 is 0 Å². The van der Waals surface area contributed by atoms with E-state index < -0.39 is 0 Å². The molecule has 0 saturated heterocycles. The number of hydrogen-bond acceptors (Lipinski definition) is 1. The zero-order valence-corrected chi connectivity index (χ0v) is 10.4. The maximum Gasteiger partial charge on any atom is 0.120 e. The average molecular weight is 226 g/mol. The van der Waals surface area contributed by atoms with E-state index in [-0.39, 0.29) is 0 Å². The number of hydrogen-bond donors (Lipinski definition) is 0. The summed E-state index contributed by atoms with van der Waals surface area (Å²) in [5.41, 5.74) is 3.86. The molecule has 0 aliphatic carbocycles. The summed E-state index contributed by atoms with van der Waals surface area (Å²) in [5.74, 6) is 0.941. The molecular weight excluding hydrogens is 208 g/mol. The van der Waals surface area contributed by atoms with E-state index in [1.165, 1.54) is 16.7 Å². The Morgan fingerprint density at radius 2 is 1.71 bits per heavy atom. The van der Waals surface area contributed by atoms with E-state index in [9.17, 15) is 0 Å². The molecule has 2 rings (SSSR count). The Bertz CT molecular complexity index is 488. The van der Waals surface area contributed by atoms with Gasteiger partial charge in [0.25, 0.3) is 0 Å². The third-order valence-electron chi connectivity index (χ3n) is 2.88. The monoisotopic (exact) mass is 226 g/mol. The van der Waals surface area contributed by atoms with Crippen molar-refractivity contribution in [3.8, 4) is 5.75 Å². The lowest BCUT2D eigenvalue weighted by Crippen LogP contribution is -1.99. The van der Waals surface area contributed by atoms with Crippen LogP contribution in [-0.4, -0.2) is 0 Å². The van der Waals surface area contributed by atoms with Crippen molar-refractivity contribution in [2.75, 3.05) is 0 Å². The molecule has 0 heterocycles. The van der Waals surface area contributed by atoms with E-state index in [0.717, 1.165) is 12.2 Å². The van der Waals surface area contributed by atoms with Crippen LogP contribution in [0.3, 0.4) is 0 Å². The van der Waals surface area contributed by atoms with Crippen molar-refractivity contribution in [1.82, 2.24) is 0 Å². The first-order valence-electron chi connectivity index (χ1n) is 6.06. The van der Waals surface area contributed by atoms with Gasteiger partial charge < -0.3 is 4.74 Å². The van der Waals surface area contributed by atoms with Crippen LogP contribution in [0.4, 0.5) is 0 Å². The van der Waals surface area contributed by atoms with E-state index in [1.807, 2.05) is 12.1 Å². The molecule has 0 aliphatic rings. The Morgan fingerprint density at radius 3 is 2.41 bits per heavy atom. The van der Waals surface area contributed by atoms with Gasteiger partial charge in [0.2, 0.25) is 0 Å². The zero-order chi connectivity index (χ0) is 12.1. The third-order valence-corrected chi connectivity index (χ3v) is 2.88. The molecule has 0 spiro atoms.